The fraction of sp³-hybridized carbons (Fsp3) is 0.533. The predicted octanol–water partition coefficient (Wildman–Crippen LogP) is 2.22. The third-order valence-corrected chi connectivity index (χ3v) is 5.78. The third-order valence-electron chi connectivity index (χ3n) is 3.74. The molecule has 1 aromatic carbocycles. The minimum atomic E-state index is -3.30. The van der Waals surface area contributed by atoms with Gasteiger partial charge in [-0.05, 0) is 31.4 Å². The Balaban J connectivity index is 2.03. The van der Waals surface area contributed by atoms with Crippen LogP contribution in [-0.4, -0.2) is 37.5 Å². The van der Waals surface area contributed by atoms with Crippen LogP contribution in [0.3, 0.4) is 0 Å². The number of hydrogen-bond donors (Lipinski definition) is 1. The number of halogens is 1. The highest BCUT2D eigenvalue weighted by Gasteiger charge is 2.32. The normalized spacial score (nSPS) is 19.8. The van der Waals surface area contributed by atoms with Crippen molar-refractivity contribution in [2.45, 2.75) is 26.2 Å². The zero-order valence-corrected chi connectivity index (χ0v) is 13.4. The summed E-state index contributed by atoms with van der Waals surface area (Å²) in [4.78, 5) is 12.3. The predicted molar refractivity (Wildman–Crippen MR) is 83.4 cm³/mol. The molecule has 1 amide bonds. The first-order chi connectivity index (χ1) is 10.4. The SMILES string of the molecule is CCCS(=O)(=O)N1CCC[C@H](C(=O)Nc2ccccc2F)C1. The number of hydrogen-bond acceptors (Lipinski definition) is 3. The number of nitrogens with zero attached hydrogens (tertiary/aromatic N) is 1. The van der Waals surface area contributed by atoms with E-state index < -0.39 is 21.8 Å². The van der Waals surface area contributed by atoms with Gasteiger partial charge in [0, 0.05) is 13.1 Å². The summed E-state index contributed by atoms with van der Waals surface area (Å²) in [7, 11) is -3.30. The first-order valence-electron chi connectivity index (χ1n) is 7.47. The van der Waals surface area contributed by atoms with Gasteiger partial charge in [0.15, 0.2) is 0 Å². The molecule has 0 radical (unpaired) electrons. The lowest BCUT2D eigenvalue weighted by Gasteiger charge is -2.31. The molecule has 2 rings (SSSR count). The number of anilines is 1. The molecular weight excluding hydrogens is 307 g/mol. The smallest absolute Gasteiger partial charge is 0.228 e. The lowest BCUT2D eigenvalue weighted by atomic mass is 9.98. The van der Waals surface area contributed by atoms with E-state index in [0.29, 0.717) is 25.8 Å². The van der Waals surface area contributed by atoms with Gasteiger partial charge in [-0.3, -0.25) is 4.79 Å². The molecule has 1 aromatic rings. The highest BCUT2D eigenvalue weighted by molar-refractivity contribution is 7.89. The fourth-order valence-electron chi connectivity index (χ4n) is 2.59. The lowest BCUT2D eigenvalue weighted by molar-refractivity contribution is -0.120. The van der Waals surface area contributed by atoms with Crippen LogP contribution in [0.2, 0.25) is 0 Å². The Morgan fingerprint density at radius 2 is 2.14 bits per heavy atom. The monoisotopic (exact) mass is 328 g/mol. The Hall–Kier alpha value is -1.47. The minimum absolute atomic E-state index is 0.0919. The molecule has 0 saturated carbocycles. The Kier molecular flexibility index (Phi) is 5.52. The summed E-state index contributed by atoms with van der Waals surface area (Å²) in [6.07, 6.45) is 1.79. The Bertz CT molecular complexity index is 633. The number of benzene rings is 1. The van der Waals surface area contributed by atoms with E-state index in [9.17, 15) is 17.6 Å². The number of amides is 1. The Labute approximate surface area is 130 Å². The van der Waals surface area contributed by atoms with E-state index in [0.717, 1.165) is 0 Å². The van der Waals surface area contributed by atoms with Gasteiger partial charge in [0.05, 0.1) is 17.4 Å². The van der Waals surface area contributed by atoms with Crippen molar-refractivity contribution in [3.8, 4) is 0 Å². The molecule has 1 N–H and O–H groups in total. The van der Waals surface area contributed by atoms with Gasteiger partial charge in [0.25, 0.3) is 0 Å². The quantitative estimate of drug-likeness (QED) is 0.901. The molecule has 1 atom stereocenters. The Morgan fingerprint density at radius 3 is 2.82 bits per heavy atom. The van der Waals surface area contributed by atoms with Gasteiger partial charge in [0.1, 0.15) is 5.82 Å². The number of carbonyl (C=O) groups excluding carboxylic acids is 1. The molecule has 0 aromatic heterocycles. The molecule has 1 aliphatic heterocycles. The van der Waals surface area contributed by atoms with Gasteiger partial charge in [-0.15, -0.1) is 0 Å². The van der Waals surface area contributed by atoms with Crippen LogP contribution in [0.1, 0.15) is 26.2 Å². The van der Waals surface area contributed by atoms with E-state index >= 15 is 0 Å². The molecule has 0 aliphatic carbocycles. The van der Waals surface area contributed by atoms with Crippen LogP contribution in [0.5, 0.6) is 0 Å². The van der Waals surface area contributed by atoms with Crippen molar-refractivity contribution < 1.29 is 17.6 Å². The number of carbonyl (C=O) groups is 1. The van der Waals surface area contributed by atoms with Gasteiger partial charge in [-0.25, -0.2) is 17.1 Å². The van der Waals surface area contributed by atoms with Gasteiger partial charge < -0.3 is 5.32 Å². The second kappa shape index (κ2) is 7.19. The topological polar surface area (TPSA) is 66.5 Å². The molecule has 1 fully saturated rings. The average molecular weight is 328 g/mol. The number of sulfonamides is 1. The summed E-state index contributed by atoms with van der Waals surface area (Å²) in [5.41, 5.74) is 0.126. The zero-order valence-electron chi connectivity index (χ0n) is 12.6. The molecule has 1 aliphatic rings. The van der Waals surface area contributed by atoms with Crippen molar-refractivity contribution in [3.05, 3.63) is 30.1 Å². The van der Waals surface area contributed by atoms with Crippen molar-refractivity contribution in [1.82, 2.24) is 4.31 Å². The maximum Gasteiger partial charge on any atom is 0.228 e. The van der Waals surface area contributed by atoms with Crippen molar-refractivity contribution in [2.24, 2.45) is 5.92 Å². The van der Waals surface area contributed by atoms with E-state index in [4.69, 9.17) is 0 Å². The van der Waals surface area contributed by atoms with Crippen LogP contribution < -0.4 is 5.32 Å². The van der Waals surface area contributed by atoms with Gasteiger partial charge in [0.2, 0.25) is 15.9 Å². The highest BCUT2D eigenvalue weighted by atomic mass is 32.2. The maximum atomic E-state index is 13.6. The fourth-order valence-corrected chi connectivity index (χ4v) is 4.18. The summed E-state index contributed by atoms with van der Waals surface area (Å²) in [6.45, 7) is 2.43. The third kappa shape index (κ3) is 4.04. The van der Waals surface area contributed by atoms with E-state index in [1.807, 2.05) is 6.92 Å². The standard InChI is InChI=1S/C15H21FN2O3S/c1-2-10-22(20,21)18-9-5-6-12(11-18)15(19)17-14-8-4-3-7-13(14)16/h3-4,7-8,12H,2,5-6,9-11H2,1H3,(H,17,19)/t12-/m0/s1. The van der Waals surface area contributed by atoms with Gasteiger partial charge in [-0.1, -0.05) is 19.1 Å². The molecule has 0 spiro atoms. The molecule has 7 heteroatoms. The summed E-state index contributed by atoms with van der Waals surface area (Å²) >= 11 is 0. The summed E-state index contributed by atoms with van der Waals surface area (Å²) < 4.78 is 39.1. The van der Waals surface area contributed by atoms with Gasteiger partial charge in [-0.2, -0.15) is 0 Å². The van der Waals surface area contributed by atoms with Gasteiger partial charge >= 0.3 is 0 Å². The first kappa shape index (κ1) is 16.9. The summed E-state index contributed by atoms with van der Waals surface area (Å²) in [6, 6.07) is 5.94. The van der Waals surface area contributed by atoms with Crippen molar-refractivity contribution in [3.63, 3.8) is 0 Å². The number of para-hydroxylation sites is 1. The maximum absolute atomic E-state index is 13.6. The molecule has 1 heterocycles. The Morgan fingerprint density at radius 1 is 1.41 bits per heavy atom. The second-order valence-corrected chi connectivity index (χ2v) is 7.57. The van der Waals surface area contributed by atoms with Crippen molar-refractivity contribution >= 4 is 21.6 Å². The van der Waals surface area contributed by atoms with E-state index in [2.05, 4.69) is 5.32 Å². The minimum Gasteiger partial charge on any atom is -0.323 e. The van der Waals surface area contributed by atoms with E-state index in [1.165, 1.54) is 16.4 Å². The number of piperidine rings is 1. The molecule has 122 valence electrons. The van der Waals surface area contributed by atoms with E-state index in [1.54, 1.807) is 12.1 Å². The van der Waals surface area contributed by atoms with Crippen molar-refractivity contribution in [2.75, 3.05) is 24.2 Å². The molecule has 1 saturated heterocycles. The van der Waals surface area contributed by atoms with Crippen LogP contribution in [0.25, 0.3) is 0 Å². The number of nitrogens with one attached hydrogen (secondary N) is 1. The zero-order chi connectivity index (χ0) is 16.2. The average Bonchev–Trinajstić information content (AvgIpc) is 2.49. The van der Waals surface area contributed by atoms with E-state index in [-0.39, 0.29) is 23.9 Å². The largest absolute Gasteiger partial charge is 0.323 e. The molecule has 0 bridgehead atoms. The summed E-state index contributed by atoms with van der Waals surface area (Å²) in [5.74, 6) is -1.18. The molecular formula is C15H21FN2O3S. The van der Waals surface area contributed by atoms with Crippen LogP contribution in [0.4, 0.5) is 10.1 Å². The van der Waals surface area contributed by atoms with Crippen LogP contribution in [0.15, 0.2) is 24.3 Å². The molecule has 0 unspecified atom stereocenters. The molecule has 5 nitrogen and oxygen atoms in total. The first-order valence-corrected chi connectivity index (χ1v) is 9.08. The van der Waals surface area contributed by atoms with Crippen LogP contribution in [-0.2, 0) is 14.8 Å². The van der Waals surface area contributed by atoms with Crippen molar-refractivity contribution in [1.29, 1.82) is 0 Å². The lowest BCUT2D eigenvalue weighted by Crippen LogP contribution is -2.44. The van der Waals surface area contributed by atoms with Crippen LogP contribution in [0, 0.1) is 11.7 Å². The summed E-state index contributed by atoms with van der Waals surface area (Å²) in [5, 5.41) is 2.55. The number of rotatable bonds is 5. The highest BCUT2D eigenvalue weighted by Crippen LogP contribution is 2.22. The van der Waals surface area contributed by atoms with Crippen LogP contribution >= 0.6 is 0 Å². The molecule has 22 heavy (non-hydrogen) atoms. The second-order valence-electron chi connectivity index (χ2n) is 5.48.